The van der Waals surface area contributed by atoms with Crippen molar-refractivity contribution >= 4 is 18.2 Å². The Hall–Kier alpha value is -3.59. The maximum absolute atomic E-state index is 14.2. The van der Waals surface area contributed by atoms with Crippen LogP contribution in [0, 0.1) is 0 Å². The number of likely N-dealkylation sites (tertiary alicyclic amines) is 2. The van der Waals surface area contributed by atoms with Crippen LogP contribution in [0.3, 0.4) is 0 Å². The van der Waals surface area contributed by atoms with Crippen molar-refractivity contribution in [2.75, 3.05) is 39.3 Å². The van der Waals surface area contributed by atoms with E-state index >= 15 is 0 Å². The van der Waals surface area contributed by atoms with E-state index in [9.17, 15) is 19.5 Å². The summed E-state index contributed by atoms with van der Waals surface area (Å²) in [7, 11) is 0. The Morgan fingerprint density at radius 2 is 1.58 bits per heavy atom. The zero-order chi connectivity index (χ0) is 30.8. The average molecular weight is 592 g/mol. The number of carboxylic acids is 1. The van der Waals surface area contributed by atoms with Crippen LogP contribution >= 0.6 is 0 Å². The van der Waals surface area contributed by atoms with Crippen LogP contribution < -0.4 is 0 Å². The molecule has 0 bridgehead atoms. The van der Waals surface area contributed by atoms with Gasteiger partial charge in [0.05, 0.1) is 6.54 Å². The summed E-state index contributed by atoms with van der Waals surface area (Å²) in [5.41, 5.74) is 2.10. The smallest absolute Gasteiger partial charge is 0.411 e. The lowest BCUT2D eigenvalue weighted by atomic mass is 9.84. The van der Waals surface area contributed by atoms with Crippen LogP contribution in [0.15, 0.2) is 48.5 Å². The van der Waals surface area contributed by atoms with Gasteiger partial charge in [-0.2, -0.15) is 0 Å². The minimum absolute atomic E-state index is 0.101. The Kier molecular flexibility index (Phi) is 9.02. The van der Waals surface area contributed by atoms with Crippen LogP contribution in [0.4, 0.5) is 9.59 Å². The Morgan fingerprint density at radius 3 is 2.14 bits per heavy atom. The summed E-state index contributed by atoms with van der Waals surface area (Å²) in [6.45, 7) is 10.3. The molecule has 1 unspecified atom stereocenters. The van der Waals surface area contributed by atoms with Gasteiger partial charge in [-0.15, -0.1) is 0 Å². The lowest BCUT2D eigenvalue weighted by molar-refractivity contribution is -0.157. The zero-order valence-electron chi connectivity index (χ0n) is 25.9. The third kappa shape index (κ3) is 6.37. The van der Waals surface area contributed by atoms with Crippen molar-refractivity contribution in [2.24, 2.45) is 0 Å². The molecule has 2 aromatic rings. The molecular formula is C34H45N3O6. The number of aliphatic carboxylic acids is 1. The van der Waals surface area contributed by atoms with E-state index in [0.717, 1.165) is 48.3 Å². The highest BCUT2D eigenvalue weighted by atomic mass is 16.6. The monoisotopic (exact) mass is 591 g/mol. The number of benzene rings is 2. The molecule has 0 radical (unpaired) electrons. The second-order valence-corrected chi connectivity index (χ2v) is 13.1. The Labute approximate surface area is 254 Å². The van der Waals surface area contributed by atoms with Gasteiger partial charge in [0.25, 0.3) is 0 Å². The van der Waals surface area contributed by atoms with Gasteiger partial charge in [0.2, 0.25) is 0 Å². The number of fused-ring (bicyclic) bond motifs is 3. The molecule has 1 atom stereocenters. The van der Waals surface area contributed by atoms with Crippen LogP contribution in [0.5, 0.6) is 0 Å². The first-order chi connectivity index (χ1) is 20.5. The number of piperidine rings is 2. The highest BCUT2D eigenvalue weighted by Crippen LogP contribution is 2.45. The third-order valence-electron chi connectivity index (χ3n) is 8.98. The van der Waals surface area contributed by atoms with Crippen molar-refractivity contribution in [3.8, 4) is 11.1 Å². The van der Waals surface area contributed by atoms with E-state index in [-0.39, 0.29) is 31.5 Å². The van der Waals surface area contributed by atoms with Crippen LogP contribution in [0.2, 0.25) is 0 Å². The van der Waals surface area contributed by atoms with Crippen molar-refractivity contribution in [3.63, 3.8) is 0 Å². The molecule has 43 heavy (non-hydrogen) atoms. The van der Waals surface area contributed by atoms with Crippen molar-refractivity contribution in [1.82, 2.24) is 14.7 Å². The van der Waals surface area contributed by atoms with Gasteiger partial charge in [0.1, 0.15) is 12.2 Å². The minimum atomic E-state index is -1.62. The van der Waals surface area contributed by atoms with Crippen molar-refractivity contribution in [1.29, 1.82) is 0 Å². The number of nitrogens with zero attached hydrogens (tertiary/aromatic N) is 3. The predicted molar refractivity (Wildman–Crippen MR) is 164 cm³/mol. The van der Waals surface area contributed by atoms with Crippen LogP contribution in [0.1, 0.15) is 76.8 Å². The molecule has 0 aromatic heterocycles. The molecule has 2 aliphatic heterocycles. The average Bonchev–Trinajstić information content (AvgIpc) is 3.30. The molecule has 0 spiro atoms. The van der Waals surface area contributed by atoms with Crippen molar-refractivity contribution < 1.29 is 29.0 Å². The number of rotatable bonds is 7. The van der Waals surface area contributed by atoms with Gasteiger partial charge >= 0.3 is 18.2 Å². The van der Waals surface area contributed by atoms with Gasteiger partial charge in [0, 0.05) is 31.6 Å². The van der Waals surface area contributed by atoms with E-state index in [4.69, 9.17) is 9.47 Å². The van der Waals surface area contributed by atoms with E-state index in [1.54, 1.807) is 20.8 Å². The fourth-order valence-electron chi connectivity index (χ4n) is 7.05. The summed E-state index contributed by atoms with van der Waals surface area (Å²) in [4.78, 5) is 45.9. The van der Waals surface area contributed by atoms with Gasteiger partial charge in [-0.3, -0.25) is 4.90 Å². The van der Waals surface area contributed by atoms with E-state index in [2.05, 4.69) is 36.1 Å². The molecule has 1 aliphatic carbocycles. The number of carbonyl (C=O) groups excluding carboxylic acids is 2. The summed E-state index contributed by atoms with van der Waals surface area (Å²) in [5, 5.41) is 10.8. The SMILES string of the molecule is CCCN1CCC(N(C(=O)OCC2c3ccccc3-c3ccccc32)C2(C(=O)O)CCCN(C(=O)OC(C)(C)C)C2)CC1. The second-order valence-electron chi connectivity index (χ2n) is 13.1. The Bertz CT molecular complexity index is 1290. The van der Waals surface area contributed by atoms with Crippen molar-refractivity contribution in [3.05, 3.63) is 59.7 Å². The number of carbonyl (C=O) groups is 3. The van der Waals surface area contributed by atoms with E-state index in [1.807, 2.05) is 24.3 Å². The molecule has 1 N–H and O–H groups in total. The van der Waals surface area contributed by atoms with Gasteiger partial charge < -0.3 is 24.4 Å². The zero-order valence-corrected chi connectivity index (χ0v) is 25.9. The van der Waals surface area contributed by atoms with E-state index < -0.39 is 29.3 Å². The van der Waals surface area contributed by atoms with Crippen molar-refractivity contribution in [2.45, 2.75) is 82.9 Å². The fraction of sp³-hybridized carbons (Fsp3) is 0.559. The van der Waals surface area contributed by atoms with Gasteiger partial charge in [-0.25, -0.2) is 14.4 Å². The van der Waals surface area contributed by atoms with Crippen LogP contribution in [-0.2, 0) is 14.3 Å². The molecule has 9 heteroatoms. The molecular weight excluding hydrogens is 546 g/mol. The second kappa shape index (κ2) is 12.6. The molecule has 2 saturated heterocycles. The molecule has 2 heterocycles. The molecule has 9 nitrogen and oxygen atoms in total. The number of hydrogen-bond acceptors (Lipinski definition) is 6. The molecule has 2 amide bonds. The van der Waals surface area contributed by atoms with Gasteiger partial charge in [-0.1, -0.05) is 55.5 Å². The molecule has 2 aromatic carbocycles. The topological polar surface area (TPSA) is 99.6 Å². The summed E-state index contributed by atoms with van der Waals surface area (Å²) >= 11 is 0. The van der Waals surface area contributed by atoms with Gasteiger partial charge in [0.15, 0.2) is 5.54 Å². The highest BCUT2D eigenvalue weighted by Gasteiger charge is 2.54. The summed E-state index contributed by atoms with van der Waals surface area (Å²) in [6.07, 6.45) is 1.79. The number of carboxylic acid groups (broad SMARTS) is 1. The van der Waals surface area contributed by atoms with Gasteiger partial charge in [-0.05, 0) is 81.7 Å². The fourth-order valence-corrected chi connectivity index (χ4v) is 7.05. The number of hydrogen-bond donors (Lipinski definition) is 1. The summed E-state index contributed by atoms with van der Waals surface area (Å²) in [5.74, 6) is -1.26. The lowest BCUT2D eigenvalue weighted by Gasteiger charge is -2.50. The first-order valence-electron chi connectivity index (χ1n) is 15.6. The predicted octanol–water partition coefficient (Wildman–Crippen LogP) is 5.97. The standard InChI is InChI=1S/C34H45N3O6/c1-5-18-35-20-15-24(16-21-35)37(34(30(38)39)17-10-19-36(23-34)31(40)43-33(2,3)4)32(41)42-22-29-27-13-8-6-11-25(27)26-12-7-9-14-28(26)29/h6-9,11-14,24,29H,5,10,15-23H2,1-4H3,(H,38,39). The molecule has 0 saturated carbocycles. The molecule has 2 fully saturated rings. The van der Waals surface area contributed by atoms with Crippen LogP contribution in [0.25, 0.3) is 11.1 Å². The van der Waals surface area contributed by atoms with E-state index in [0.29, 0.717) is 25.8 Å². The Morgan fingerprint density at radius 1 is 0.977 bits per heavy atom. The summed E-state index contributed by atoms with van der Waals surface area (Å²) < 4.78 is 11.7. The quantitative estimate of drug-likeness (QED) is 0.424. The number of ether oxygens (including phenoxy) is 2. The Balaban J connectivity index is 1.43. The highest BCUT2D eigenvalue weighted by molar-refractivity contribution is 5.86. The normalized spacial score (nSPS) is 21.2. The first-order valence-corrected chi connectivity index (χ1v) is 15.6. The van der Waals surface area contributed by atoms with Crippen LogP contribution in [-0.4, -0.2) is 94.5 Å². The minimum Gasteiger partial charge on any atom is -0.479 e. The number of amides is 2. The molecule has 3 aliphatic rings. The lowest BCUT2D eigenvalue weighted by Crippen LogP contribution is -2.69. The molecule has 232 valence electrons. The van der Waals surface area contributed by atoms with E-state index in [1.165, 1.54) is 9.80 Å². The molecule has 5 rings (SSSR count). The maximum Gasteiger partial charge on any atom is 0.411 e. The third-order valence-corrected chi connectivity index (χ3v) is 8.98. The maximum atomic E-state index is 14.2. The largest absolute Gasteiger partial charge is 0.479 e. The first kappa shape index (κ1) is 30.9. The summed E-state index contributed by atoms with van der Waals surface area (Å²) in [6, 6.07) is 16.0.